The summed E-state index contributed by atoms with van der Waals surface area (Å²) in [6.45, 7) is 4.64. The number of rotatable bonds is 3. The molecule has 0 bridgehead atoms. The molecule has 1 heterocycles. The normalized spacial score (nSPS) is 29.2. The molecule has 0 aliphatic carbocycles. The van der Waals surface area contributed by atoms with Gasteiger partial charge in [-0.15, -0.1) is 23.5 Å². The van der Waals surface area contributed by atoms with Gasteiger partial charge in [0, 0.05) is 15.8 Å². The average molecular weight is 267 g/mol. The smallest absolute Gasteiger partial charge is 0.0607 e. The summed E-state index contributed by atoms with van der Waals surface area (Å²) < 4.78 is 0. The molecule has 3 heteroatoms. The third-order valence-corrected chi connectivity index (χ3v) is 5.49. The summed E-state index contributed by atoms with van der Waals surface area (Å²) >= 11 is 3.77. The van der Waals surface area contributed by atoms with Crippen molar-refractivity contribution < 1.29 is 0 Å². The highest BCUT2D eigenvalue weighted by molar-refractivity contribution is 8.00. The molecule has 3 unspecified atom stereocenters. The minimum atomic E-state index is 0.568. The quantitative estimate of drug-likeness (QED) is 0.823. The fourth-order valence-electron chi connectivity index (χ4n) is 2.14. The molecule has 1 fully saturated rings. The van der Waals surface area contributed by atoms with Crippen LogP contribution in [0.4, 0.5) is 0 Å². The van der Waals surface area contributed by atoms with Crippen molar-refractivity contribution in [3.05, 3.63) is 24.3 Å². The van der Waals surface area contributed by atoms with Gasteiger partial charge in [0.2, 0.25) is 0 Å². The third kappa shape index (κ3) is 3.67. The zero-order chi connectivity index (χ0) is 12.3. The van der Waals surface area contributed by atoms with E-state index in [1.807, 2.05) is 11.8 Å². The van der Waals surface area contributed by atoms with Crippen LogP contribution >= 0.6 is 23.5 Å². The van der Waals surface area contributed by atoms with Crippen LogP contribution < -0.4 is 5.32 Å². The number of nitrogens with one attached hydrogen (secondary N) is 1. The van der Waals surface area contributed by atoms with E-state index in [1.165, 1.54) is 22.6 Å². The average Bonchev–Trinajstić information content (AvgIpc) is 2.35. The van der Waals surface area contributed by atoms with Gasteiger partial charge in [-0.1, -0.05) is 6.92 Å². The lowest BCUT2D eigenvalue weighted by molar-refractivity contribution is 0.319. The number of hydrogen-bond donors (Lipinski definition) is 1. The van der Waals surface area contributed by atoms with Crippen LogP contribution in [0.25, 0.3) is 0 Å². The Kier molecular flexibility index (Phi) is 4.83. The second kappa shape index (κ2) is 6.17. The summed E-state index contributed by atoms with van der Waals surface area (Å²) in [6, 6.07) is 9.57. The van der Waals surface area contributed by atoms with E-state index in [9.17, 15) is 0 Å². The van der Waals surface area contributed by atoms with E-state index >= 15 is 0 Å². The van der Waals surface area contributed by atoms with Crippen LogP contribution in [0.15, 0.2) is 34.1 Å². The molecule has 1 aromatic carbocycles. The molecular weight excluding hydrogens is 246 g/mol. The van der Waals surface area contributed by atoms with Gasteiger partial charge in [0.25, 0.3) is 0 Å². The second-order valence-corrected chi connectivity index (χ2v) is 6.93. The lowest BCUT2D eigenvalue weighted by Gasteiger charge is -2.33. The molecule has 94 valence electrons. The summed E-state index contributed by atoms with van der Waals surface area (Å²) in [5.41, 5.74) is 0. The molecule has 0 radical (unpaired) electrons. The molecule has 1 nitrogen and oxygen atoms in total. The van der Waals surface area contributed by atoms with Crippen molar-refractivity contribution in [2.45, 2.75) is 47.9 Å². The SMILES string of the molecule is CSc1ccc(SC2NC(C)CCC2C)cc1. The van der Waals surface area contributed by atoms with E-state index in [0.29, 0.717) is 11.4 Å². The van der Waals surface area contributed by atoms with Crippen LogP contribution in [0.1, 0.15) is 26.7 Å². The van der Waals surface area contributed by atoms with Gasteiger partial charge in [-0.2, -0.15) is 0 Å². The van der Waals surface area contributed by atoms with Gasteiger partial charge in [-0.25, -0.2) is 0 Å². The molecule has 17 heavy (non-hydrogen) atoms. The highest BCUT2D eigenvalue weighted by Crippen LogP contribution is 2.32. The first-order chi connectivity index (χ1) is 8.19. The van der Waals surface area contributed by atoms with E-state index < -0.39 is 0 Å². The van der Waals surface area contributed by atoms with Crippen molar-refractivity contribution >= 4 is 23.5 Å². The molecule has 1 aromatic rings. The van der Waals surface area contributed by atoms with Gasteiger partial charge in [0.15, 0.2) is 0 Å². The van der Waals surface area contributed by atoms with E-state index in [-0.39, 0.29) is 0 Å². The summed E-state index contributed by atoms with van der Waals surface area (Å²) in [6.07, 6.45) is 4.77. The fourth-order valence-corrected chi connectivity index (χ4v) is 3.81. The lowest BCUT2D eigenvalue weighted by Crippen LogP contribution is -2.43. The van der Waals surface area contributed by atoms with E-state index in [1.54, 1.807) is 11.8 Å². The molecule has 0 spiro atoms. The molecule has 0 saturated carbocycles. The summed E-state index contributed by atoms with van der Waals surface area (Å²) in [5.74, 6) is 0.761. The molecular formula is C14H21NS2. The highest BCUT2D eigenvalue weighted by atomic mass is 32.2. The maximum atomic E-state index is 3.70. The second-order valence-electron chi connectivity index (χ2n) is 4.84. The minimum Gasteiger partial charge on any atom is -0.302 e. The Bertz CT molecular complexity index is 350. The maximum Gasteiger partial charge on any atom is 0.0607 e. The Morgan fingerprint density at radius 2 is 1.71 bits per heavy atom. The standard InChI is InChI=1S/C14H21NS2/c1-10-4-5-11(2)15-14(10)17-13-8-6-12(16-3)7-9-13/h6-11,14-15H,4-5H2,1-3H3. The monoisotopic (exact) mass is 267 g/mol. The van der Waals surface area contributed by atoms with E-state index in [0.717, 1.165) is 5.92 Å². The van der Waals surface area contributed by atoms with Gasteiger partial charge in [-0.05, 0) is 56.2 Å². The minimum absolute atomic E-state index is 0.568. The summed E-state index contributed by atoms with van der Waals surface area (Å²) in [7, 11) is 0. The Balaban J connectivity index is 1.98. The van der Waals surface area contributed by atoms with Crippen molar-refractivity contribution in [2.24, 2.45) is 5.92 Å². The first-order valence-electron chi connectivity index (χ1n) is 6.26. The molecule has 0 amide bonds. The number of hydrogen-bond acceptors (Lipinski definition) is 3. The fraction of sp³-hybridized carbons (Fsp3) is 0.571. The molecule has 1 N–H and O–H groups in total. The largest absolute Gasteiger partial charge is 0.302 e. The van der Waals surface area contributed by atoms with Gasteiger partial charge in [0.1, 0.15) is 0 Å². The highest BCUT2D eigenvalue weighted by Gasteiger charge is 2.25. The van der Waals surface area contributed by atoms with E-state index in [2.05, 4.69) is 49.7 Å². The van der Waals surface area contributed by atoms with Crippen LogP contribution in [-0.4, -0.2) is 17.7 Å². The molecule has 1 aliphatic heterocycles. The summed E-state index contributed by atoms with van der Waals surface area (Å²) in [4.78, 5) is 2.72. The molecule has 3 atom stereocenters. The molecule has 0 aromatic heterocycles. The Labute approximate surface area is 113 Å². The van der Waals surface area contributed by atoms with Crippen molar-refractivity contribution in [2.75, 3.05) is 6.26 Å². The van der Waals surface area contributed by atoms with Crippen LogP contribution in [0.2, 0.25) is 0 Å². The number of piperidine rings is 1. The van der Waals surface area contributed by atoms with Crippen molar-refractivity contribution in [1.29, 1.82) is 0 Å². The van der Waals surface area contributed by atoms with Gasteiger partial charge in [0.05, 0.1) is 5.37 Å². The number of benzene rings is 1. The molecule has 1 saturated heterocycles. The predicted molar refractivity (Wildman–Crippen MR) is 78.9 cm³/mol. The Hall–Kier alpha value is -0.120. The van der Waals surface area contributed by atoms with Crippen LogP contribution in [0, 0.1) is 5.92 Å². The zero-order valence-electron chi connectivity index (χ0n) is 10.8. The van der Waals surface area contributed by atoms with Crippen LogP contribution in [0.3, 0.4) is 0 Å². The molecule has 2 rings (SSSR count). The van der Waals surface area contributed by atoms with Crippen molar-refractivity contribution in [3.8, 4) is 0 Å². The van der Waals surface area contributed by atoms with Crippen LogP contribution in [0.5, 0.6) is 0 Å². The lowest BCUT2D eigenvalue weighted by atomic mass is 9.97. The van der Waals surface area contributed by atoms with Crippen molar-refractivity contribution in [3.63, 3.8) is 0 Å². The Morgan fingerprint density at radius 3 is 2.35 bits per heavy atom. The summed E-state index contributed by atoms with van der Waals surface area (Å²) in [5, 5.41) is 4.27. The maximum absolute atomic E-state index is 3.70. The number of thioether (sulfide) groups is 2. The first kappa shape index (κ1) is 13.3. The van der Waals surface area contributed by atoms with Crippen molar-refractivity contribution in [1.82, 2.24) is 5.32 Å². The topological polar surface area (TPSA) is 12.0 Å². The van der Waals surface area contributed by atoms with Gasteiger partial charge in [-0.3, -0.25) is 0 Å². The van der Waals surface area contributed by atoms with Gasteiger partial charge >= 0.3 is 0 Å². The predicted octanol–water partition coefficient (Wildman–Crippen LogP) is 4.23. The van der Waals surface area contributed by atoms with E-state index in [4.69, 9.17) is 0 Å². The van der Waals surface area contributed by atoms with Crippen LogP contribution in [-0.2, 0) is 0 Å². The third-order valence-electron chi connectivity index (χ3n) is 3.34. The zero-order valence-corrected chi connectivity index (χ0v) is 12.4. The first-order valence-corrected chi connectivity index (χ1v) is 8.36. The van der Waals surface area contributed by atoms with Gasteiger partial charge < -0.3 is 5.32 Å². The molecule has 1 aliphatic rings. The Morgan fingerprint density at radius 1 is 1.06 bits per heavy atom.